The molecule has 0 spiro atoms. The lowest BCUT2D eigenvalue weighted by Gasteiger charge is -2.22. The maximum absolute atomic E-state index is 2.35. The molecule has 0 aromatic heterocycles. The van der Waals surface area contributed by atoms with Crippen LogP contribution in [0.4, 0.5) is 11.4 Å². The van der Waals surface area contributed by atoms with E-state index in [1.54, 1.807) is 0 Å². The summed E-state index contributed by atoms with van der Waals surface area (Å²) in [7, 11) is 4.37. The standard InChI is InChI=1S/C36H42N2/c1-34(2,3)27-21-18-25(19-22-32-35(4,5)28-14-10-12-16-30(28)37(32)8)24-26(27)20-23-33-36(6,7)29-15-11-13-17-31(29)38(33)9/h10-24H,1-9H3/q+2/b22-19+,23-20+. The molecule has 2 heterocycles. The highest BCUT2D eigenvalue weighted by Crippen LogP contribution is 2.40. The maximum Gasteiger partial charge on any atom is 0.209 e. The zero-order valence-electron chi connectivity index (χ0n) is 24.6. The molecule has 0 amide bonds. The van der Waals surface area contributed by atoms with E-state index >= 15 is 0 Å². The Kier molecular flexibility index (Phi) is 6.21. The van der Waals surface area contributed by atoms with Crippen molar-refractivity contribution in [3.63, 3.8) is 0 Å². The van der Waals surface area contributed by atoms with Crippen LogP contribution >= 0.6 is 0 Å². The lowest BCUT2D eigenvalue weighted by atomic mass is 9.80. The summed E-state index contributed by atoms with van der Waals surface area (Å²) in [6, 6.07) is 24.4. The molecule has 2 aliphatic rings. The Bertz CT molecular complexity index is 1550. The minimum absolute atomic E-state index is 0.0276. The van der Waals surface area contributed by atoms with Crippen molar-refractivity contribution in [3.8, 4) is 0 Å². The molecule has 0 N–H and O–H groups in total. The van der Waals surface area contributed by atoms with Crippen LogP contribution in [0.25, 0.3) is 12.2 Å². The van der Waals surface area contributed by atoms with E-state index in [4.69, 9.17) is 0 Å². The molecule has 5 rings (SSSR count). The van der Waals surface area contributed by atoms with Gasteiger partial charge in [0.05, 0.1) is 10.8 Å². The van der Waals surface area contributed by atoms with Gasteiger partial charge in [-0.2, -0.15) is 9.15 Å². The second-order valence-electron chi connectivity index (χ2n) is 12.9. The van der Waals surface area contributed by atoms with Gasteiger partial charge in [0.15, 0.2) is 11.4 Å². The Morgan fingerprint density at radius 2 is 1.08 bits per heavy atom. The van der Waals surface area contributed by atoms with Gasteiger partial charge in [-0.25, -0.2) is 0 Å². The molecule has 38 heavy (non-hydrogen) atoms. The first kappa shape index (κ1) is 26.1. The van der Waals surface area contributed by atoms with Crippen molar-refractivity contribution in [2.45, 2.75) is 64.7 Å². The van der Waals surface area contributed by atoms with Crippen molar-refractivity contribution in [1.29, 1.82) is 0 Å². The minimum atomic E-state index is -0.0362. The van der Waals surface area contributed by atoms with Crippen molar-refractivity contribution in [3.05, 3.63) is 107 Å². The summed E-state index contributed by atoms with van der Waals surface area (Å²) in [5.41, 5.74) is 11.9. The van der Waals surface area contributed by atoms with E-state index in [1.165, 1.54) is 50.6 Å². The molecule has 2 nitrogen and oxygen atoms in total. The Hall–Kier alpha value is -3.52. The number of para-hydroxylation sites is 2. The van der Waals surface area contributed by atoms with Gasteiger partial charge >= 0.3 is 0 Å². The van der Waals surface area contributed by atoms with Gasteiger partial charge in [-0.05, 0) is 68.0 Å². The Morgan fingerprint density at radius 3 is 1.55 bits per heavy atom. The highest BCUT2D eigenvalue weighted by atomic mass is 15.0. The first-order valence-electron chi connectivity index (χ1n) is 13.8. The first-order chi connectivity index (χ1) is 17.8. The van der Waals surface area contributed by atoms with Gasteiger partial charge in [-0.15, -0.1) is 0 Å². The smallest absolute Gasteiger partial charge is 0.198 e. The molecule has 0 saturated carbocycles. The van der Waals surface area contributed by atoms with Gasteiger partial charge in [0.1, 0.15) is 14.1 Å². The number of rotatable bonds is 4. The molecular formula is C36H42N2+2. The van der Waals surface area contributed by atoms with Crippen molar-refractivity contribution < 1.29 is 9.15 Å². The van der Waals surface area contributed by atoms with Gasteiger partial charge in [0.25, 0.3) is 0 Å². The van der Waals surface area contributed by atoms with Crippen molar-refractivity contribution in [2.24, 2.45) is 0 Å². The molecule has 0 aliphatic carbocycles. The molecule has 0 saturated heterocycles. The zero-order valence-corrected chi connectivity index (χ0v) is 24.6. The highest BCUT2D eigenvalue weighted by Gasteiger charge is 2.43. The largest absolute Gasteiger partial charge is 0.209 e. The molecular weight excluding hydrogens is 460 g/mol. The van der Waals surface area contributed by atoms with E-state index in [-0.39, 0.29) is 16.2 Å². The molecule has 0 bridgehead atoms. The average Bonchev–Trinajstić information content (AvgIpc) is 3.18. The van der Waals surface area contributed by atoms with Crippen LogP contribution in [0.3, 0.4) is 0 Å². The van der Waals surface area contributed by atoms with E-state index in [0.29, 0.717) is 0 Å². The van der Waals surface area contributed by atoms with Crippen molar-refractivity contribution in [2.75, 3.05) is 14.1 Å². The predicted molar refractivity (Wildman–Crippen MR) is 164 cm³/mol. The van der Waals surface area contributed by atoms with E-state index < -0.39 is 0 Å². The summed E-state index contributed by atoms with van der Waals surface area (Å²) in [6.07, 6.45) is 9.24. The molecule has 2 aliphatic heterocycles. The summed E-state index contributed by atoms with van der Waals surface area (Å²) in [6.45, 7) is 16.2. The Labute approximate surface area is 229 Å². The molecule has 2 heteroatoms. The second-order valence-corrected chi connectivity index (χ2v) is 12.9. The number of nitrogens with zero attached hydrogens (tertiary/aromatic N) is 2. The Morgan fingerprint density at radius 1 is 0.605 bits per heavy atom. The topological polar surface area (TPSA) is 6.02 Å². The minimum Gasteiger partial charge on any atom is -0.198 e. The SMILES string of the molecule is C[N+]1=C(/C=C/c2ccc(C(C)(C)C)c(/C=C/C3=[N+](C)c4ccccc4C3(C)C)c2)C(C)(C)c2ccccc21. The fourth-order valence-corrected chi connectivity index (χ4v) is 6.45. The third-order valence-electron chi connectivity index (χ3n) is 8.62. The summed E-state index contributed by atoms with van der Waals surface area (Å²) in [5, 5.41) is 0. The van der Waals surface area contributed by atoms with Crippen molar-refractivity contribution >= 4 is 35.0 Å². The lowest BCUT2D eigenvalue weighted by Crippen LogP contribution is -2.26. The molecule has 3 aromatic rings. The van der Waals surface area contributed by atoms with Crippen LogP contribution in [0.15, 0.2) is 78.9 Å². The van der Waals surface area contributed by atoms with Crippen LogP contribution in [-0.2, 0) is 16.2 Å². The van der Waals surface area contributed by atoms with Crippen LogP contribution in [0.2, 0.25) is 0 Å². The fraction of sp³-hybridized carbons (Fsp3) is 0.333. The van der Waals surface area contributed by atoms with E-state index in [1.807, 2.05) is 0 Å². The number of hydrogen-bond acceptors (Lipinski definition) is 0. The summed E-state index contributed by atoms with van der Waals surface area (Å²) in [5.74, 6) is 0. The zero-order chi connectivity index (χ0) is 27.5. The molecule has 0 radical (unpaired) electrons. The maximum atomic E-state index is 2.35. The third kappa shape index (κ3) is 4.21. The number of benzene rings is 3. The summed E-state index contributed by atoms with van der Waals surface area (Å²) >= 11 is 0. The summed E-state index contributed by atoms with van der Waals surface area (Å²) < 4.78 is 4.68. The first-order valence-corrected chi connectivity index (χ1v) is 13.8. The number of allylic oxidation sites excluding steroid dienone is 2. The number of fused-ring (bicyclic) bond motifs is 2. The monoisotopic (exact) mass is 502 g/mol. The van der Waals surface area contributed by atoms with Crippen LogP contribution in [0.1, 0.15) is 76.3 Å². The normalized spacial score (nSPS) is 18.1. The van der Waals surface area contributed by atoms with Crippen LogP contribution < -0.4 is 0 Å². The molecule has 3 aromatic carbocycles. The van der Waals surface area contributed by atoms with E-state index in [9.17, 15) is 0 Å². The van der Waals surface area contributed by atoms with Gasteiger partial charge in [0.2, 0.25) is 11.4 Å². The van der Waals surface area contributed by atoms with Gasteiger partial charge in [-0.3, -0.25) is 0 Å². The third-order valence-corrected chi connectivity index (χ3v) is 8.62. The molecule has 0 atom stereocenters. The van der Waals surface area contributed by atoms with Crippen LogP contribution in [0.5, 0.6) is 0 Å². The van der Waals surface area contributed by atoms with E-state index in [2.05, 4.69) is 163 Å². The van der Waals surface area contributed by atoms with Crippen LogP contribution in [-0.4, -0.2) is 34.7 Å². The van der Waals surface area contributed by atoms with Crippen LogP contribution in [0, 0.1) is 0 Å². The van der Waals surface area contributed by atoms with E-state index in [0.717, 1.165) is 0 Å². The van der Waals surface area contributed by atoms with Crippen molar-refractivity contribution in [1.82, 2.24) is 0 Å². The van der Waals surface area contributed by atoms with Gasteiger partial charge in [0, 0.05) is 35.4 Å². The molecule has 0 unspecified atom stereocenters. The molecule has 194 valence electrons. The molecule has 0 fully saturated rings. The quantitative estimate of drug-likeness (QED) is 0.316. The van der Waals surface area contributed by atoms with Gasteiger partial charge in [-0.1, -0.05) is 69.3 Å². The average molecular weight is 503 g/mol. The highest BCUT2D eigenvalue weighted by molar-refractivity contribution is 6.06. The lowest BCUT2D eigenvalue weighted by molar-refractivity contribution is -0.401. The predicted octanol–water partition coefficient (Wildman–Crippen LogP) is 8.42. The summed E-state index contributed by atoms with van der Waals surface area (Å²) in [4.78, 5) is 0. The second kappa shape index (κ2) is 9.05. The number of hydrogen-bond donors (Lipinski definition) is 0. The fourth-order valence-electron chi connectivity index (χ4n) is 6.45. The Balaban J connectivity index is 1.53. The van der Waals surface area contributed by atoms with Gasteiger partial charge < -0.3 is 0 Å².